The van der Waals surface area contributed by atoms with E-state index in [1.165, 1.54) is 0 Å². The smallest absolute Gasteiger partial charge is 0.0109 e. The third kappa shape index (κ3) is 4.98. The van der Waals surface area contributed by atoms with Gasteiger partial charge in [0.1, 0.15) is 0 Å². The number of nitrogens with two attached hydrogens (primary N) is 1. The van der Waals surface area contributed by atoms with Gasteiger partial charge in [-0.05, 0) is 39.5 Å². The summed E-state index contributed by atoms with van der Waals surface area (Å²) in [5, 5.41) is 3.62. The molecule has 0 amide bonds. The third-order valence-corrected chi connectivity index (χ3v) is 3.32. The van der Waals surface area contributed by atoms with Gasteiger partial charge in [0.15, 0.2) is 0 Å². The van der Waals surface area contributed by atoms with Crippen molar-refractivity contribution in [1.82, 2.24) is 5.32 Å². The molecular formula is C13H30N2. The molecule has 92 valence electrons. The molecule has 2 unspecified atom stereocenters. The molecule has 0 spiro atoms. The topological polar surface area (TPSA) is 38.0 Å². The van der Waals surface area contributed by atoms with Crippen LogP contribution in [-0.2, 0) is 0 Å². The van der Waals surface area contributed by atoms with Crippen LogP contribution in [0.5, 0.6) is 0 Å². The largest absolute Gasteiger partial charge is 0.327 e. The van der Waals surface area contributed by atoms with Crippen LogP contribution in [0.15, 0.2) is 0 Å². The Labute approximate surface area is 96.0 Å². The molecule has 0 aliphatic rings. The Morgan fingerprint density at radius 2 is 1.60 bits per heavy atom. The first-order valence-corrected chi connectivity index (χ1v) is 6.14. The molecule has 0 saturated heterocycles. The zero-order valence-electron chi connectivity index (χ0n) is 11.6. The van der Waals surface area contributed by atoms with Crippen LogP contribution in [0, 0.1) is 5.41 Å². The Kier molecular flexibility index (Phi) is 5.28. The fraction of sp³-hybridized carbons (Fsp3) is 1.00. The molecule has 0 aromatic rings. The monoisotopic (exact) mass is 214 g/mol. The van der Waals surface area contributed by atoms with Crippen LogP contribution in [0.2, 0.25) is 0 Å². The van der Waals surface area contributed by atoms with Crippen molar-refractivity contribution < 1.29 is 0 Å². The molecule has 0 aliphatic carbocycles. The van der Waals surface area contributed by atoms with Gasteiger partial charge < -0.3 is 11.1 Å². The summed E-state index contributed by atoms with van der Waals surface area (Å²) in [6.45, 7) is 15.5. The molecule has 2 heteroatoms. The van der Waals surface area contributed by atoms with Crippen molar-refractivity contribution in [3.8, 4) is 0 Å². The molecule has 0 radical (unpaired) electrons. The van der Waals surface area contributed by atoms with Crippen molar-refractivity contribution in [3.63, 3.8) is 0 Å². The molecular weight excluding hydrogens is 184 g/mol. The van der Waals surface area contributed by atoms with E-state index in [0.29, 0.717) is 6.04 Å². The van der Waals surface area contributed by atoms with Gasteiger partial charge in [0, 0.05) is 17.6 Å². The normalized spacial score (nSPS) is 17.6. The summed E-state index contributed by atoms with van der Waals surface area (Å²) in [6, 6.07) is 0.700. The van der Waals surface area contributed by atoms with Crippen LogP contribution < -0.4 is 11.1 Å². The first kappa shape index (κ1) is 14.9. The lowest BCUT2D eigenvalue weighted by molar-refractivity contribution is 0.168. The first-order valence-electron chi connectivity index (χ1n) is 6.14. The van der Waals surface area contributed by atoms with Crippen molar-refractivity contribution in [2.45, 2.75) is 78.9 Å². The Morgan fingerprint density at radius 3 is 1.93 bits per heavy atom. The van der Waals surface area contributed by atoms with Crippen LogP contribution in [0.1, 0.15) is 61.3 Å². The van der Waals surface area contributed by atoms with Crippen LogP contribution in [0.25, 0.3) is 0 Å². The van der Waals surface area contributed by atoms with Gasteiger partial charge in [0.25, 0.3) is 0 Å². The van der Waals surface area contributed by atoms with Crippen molar-refractivity contribution in [3.05, 3.63) is 0 Å². The van der Waals surface area contributed by atoms with E-state index in [1.807, 2.05) is 0 Å². The third-order valence-electron chi connectivity index (χ3n) is 3.32. The highest BCUT2D eigenvalue weighted by molar-refractivity contribution is 4.92. The number of nitrogens with one attached hydrogen (secondary N) is 1. The summed E-state index contributed by atoms with van der Waals surface area (Å²) in [7, 11) is 0. The van der Waals surface area contributed by atoms with E-state index in [9.17, 15) is 0 Å². The second-order valence-electron chi connectivity index (χ2n) is 6.33. The predicted molar refractivity (Wildman–Crippen MR) is 69.0 cm³/mol. The molecule has 0 rings (SSSR count). The van der Waals surface area contributed by atoms with E-state index >= 15 is 0 Å². The van der Waals surface area contributed by atoms with Gasteiger partial charge in [0.05, 0.1) is 0 Å². The summed E-state index contributed by atoms with van der Waals surface area (Å²) < 4.78 is 0. The lowest BCUT2D eigenvalue weighted by atomic mass is 9.76. The summed E-state index contributed by atoms with van der Waals surface area (Å²) in [5.74, 6) is 0. The van der Waals surface area contributed by atoms with Gasteiger partial charge >= 0.3 is 0 Å². The SMILES string of the molecule is CCCC(N)C(C)(C)C(C)NC(C)(C)C. The molecule has 0 saturated carbocycles. The molecule has 0 aromatic heterocycles. The standard InChI is InChI=1S/C13H30N2/c1-8-9-11(14)13(6,7)10(2)15-12(3,4)5/h10-11,15H,8-9,14H2,1-7H3. The van der Waals surface area contributed by atoms with Crippen molar-refractivity contribution >= 4 is 0 Å². The zero-order chi connectivity index (χ0) is 12.3. The molecule has 2 nitrogen and oxygen atoms in total. The molecule has 0 aromatic carbocycles. The molecule has 0 heterocycles. The highest BCUT2D eigenvalue weighted by Gasteiger charge is 2.33. The predicted octanol–water partition coefficient (Wildman–Crippen LogP) is 2.92. The molecule has 0 aliphatic heterocycles. The molecule has 0 fully saturated rings. The summed E-state index contributed by atoms with van der Waals surface area (Å²) in [5.41, 5.74) is 6.54. The van der Waals surface area contributed by atoms with Gasteiger partial charge in [-0.1, -0.05) is 27.2 Å². The van der Waals surface area contributed by atoms with Crippen molar-refractivity contribution in [2.75, 3.05) is 0 Å². The maximum atomic E-state index is 6.24. The minimum atomic E-state index is 0.142. The second-order valence-corrected chi connectivity index (χ2v) is 6.33. The Hall–Kier alpha value is -0.0800. The number of rotatable bonds is 5. The van der Waals surface area contributed by atoms with Gasteiger partial charge in [-0.15, -0.1) is 0 Å². The van der Waals surface area contributed by atoms with E-state index in [1.54, 1.807) is 0 Å². The van der Waals surface area contributed by atoms with E-state index in [-0.39, 0.29) is 17.0 Å². The Morgan fingerprint density at radius 1 is 1.13 bits per heavy atom. The molecule has 15 heavy (non-hydrogen) atoms. The second kappa shape index (κ2) is 5.31. The average Bonchev–Trinajstić information content (AvgIpc) is 2.01. The lowest BCUT2D eigenvalue weighted by Gasteiger charge is -2.41. The molecule has 0 bridgehead atoms. The summed E-state index contributed by atoms with van der Waals surface area (Å²) in [4.78, 5) is 0. The average molecular weight is 214 g/mol. The zero-order valence-corrected chi connectivity index (χ0v) is 11.6. The molecule has 2 atom stereocenters. The van der Waals surface area contributed by atoms with Crippen LogP contribution in [0.4, 0.5) is 0 Å². The first-order chi connectivity index (χ1) is 6.61. The van der Waals surface area contributed by atoms with Gasteiger partial charge in [-0.25, -0.2) is 0 Å². The fourth-order valence-corrected chi connectivity index (χ4v) is 1.84. The highest BCUT2D eigenvalue weighted by atomic mass is 15.0. The number of hydrogen-bond acceptors (Lipinski definition) is 2. The Balaban J connectivity index is 4.43. The fourth-order valence-electron chi connectivity index (χ4n) is 1.84. The minimum absolute atomic E-state index is 0.142. The minimum Gasteiger partial charge on any atom is -0.327 e. The Bertz CT molecular complexity index is 179. The van der Waals surface area contributed by atoms with E-state index in [4.69, 9.17) is 5.73 Å². The maximum Gasteiger partial charge on any atom is 0.0109 e. The van der Waals surface area contributed by atoms with E-state index < -0.39 is 0 Å². The van der Waals surface area contributed by atoms with Gasteiger partial charge in [-0.3, -0.25) is 0 Å². The highest BCUT2D eigenvalue weighted by Crippen LogP contribution is 2.27. The van der Waals surface area contributed by atoms with Crippen molar-refractivity contribution in [1.29, 1.82) is 0 Å². The van der Waals surface area contributed by atoms with Crippen LogP contribution in [-0.4, -0.2) is 17.6 Å². The lowest BCUT2D eigenvalue weighted by Crippen LogP contribution is -2.55. The van der Waals surface area contributed by atoms with Crippen LogP contribution in [0.3, 0.4) is 0 Å². The van der Waals surface area contributed by atoms with Gasteiger partial charge in [0.2, 0.25) is 0 Å². The van der Waals surface area contributed by atoms with Gasteiger partial charge in [-0.2, -0.15) is 0 Å². The maximum absolute atomic E-state index is 6.24. The quantitative estimate of drug-likeness (QED) is 0.738. The van der Waals surface area contributed by atoms with E-state index in [2.05, 4.69) is 53.8 Å². The van der Waals surface area contributed by atoms with Crippen LogP contribution >= 0.6 is 0 Å². The summed E-state index contributed by atoms with van der Waals surface area (Å²) in [6.07, 6.45) is 2.26. The van der Waals surface area contributed by atoms with E-state index in [0.717, 1.165) is 12.8 Å². The summed E-state index contributed by atoms with van der Waals surface area (Å²) >= 11 is 0. The molecule has 3 N–H and O–H groups in total. The van der Waals surface area contributed by atoms with Crippen molar-refractivity contribution in [2.24, 2.45) is 11.1 Å². The number of hydrogen-bond donors (Lipinski definition) is 2.